The Bertz CT molecular complexity index is 167. The van der Waals surface area contributed by atoms with Crippen LogP contribution in [-0.4, -0.2) is 32.0 Å². The van der Waals surface area contributed by atoms with E-state index < -0.39 is 0 Å². The van der Waals surface area contributed by atoms with Crippen molar-refractivity contribution in [3.63, 3.8) is 0 Å². The van der Waals surface area contributed by atoms with Crippen LogP contribution in [0.3, 0.4) is 0 Å². The number of hydrogen-bond donors (Lipinski definition) is 0. The first-order valence-corrected chi connectivity index (χ1v) is 4.68. The van der Waals surface area contributed by atoms with Crippen LogP contribution < -0.4 is 0 Å². The molecule has 3 heteroatoms. The molecule has 0 aliphatic carbocycles. The van der Waals surface area contributed by atoms with E-state index in [1.54, 1.807) is 6.26 Å². The number of hydrogen-bond acceptors (Lipinski definition) is 3. The molecule has 1 aliphatic heterocycles. The molecule has 0 spiro atoms. The molecular formula is C10H18O3. The van der Waals surface area contributed by atoms with Crippen LogP contribution in [-0.2, 0) is 14.2 Å². The molecule has 2 atom stereocenters. The van der Waals surface area contributed by atoms with Gasteiger partial charge in [-0.25, -0.2) is 0 Å². The molecule has 0 N–H and O–H groups in total. The Morgan fingerprint density at radius 3 is 2.77 bits per heavy atom. The highest BCUT2D eigenvalue weighted by atomic mass is 16.6. The molecule has 13 heavy (non-hydrogen) atoms. The Labute approximate surface area is 79.7 Å². The van der Waals surface area contributed by atoms with Gasteiger partial charge in [0.2, 0.25) is 0 Å². The average Bonchev–Trinajstić information content (AvgIpc) is 2.15. The SMILES string of the molecule is CC(C)=COC(C)C1COCCO1. The van der Waals surface area contributed by atoms with Crippen molar-refractivity contribution in [2.75, 3.05) is 19.8 Å². The fourth-order valence-electron chi connectivity index (χ4n) is 1.11. The maximum Gasteiger partial charge on any atom is 0.123 e. The van der Waals surface area contributed by atoms with Gasteiger partial charge in [-0.2, -0.15) is 0 Å². The van der Waals surface area contributed by atoms with E-state index in [1.807, 2.05) is 20.8 Å². The molecule has 1 aliphatic rings. The molecule has 3 nitrogen and oxygen atoms in total. The molecule has 2 unspecified atom stereocenters. The van der Waals surface area contributed by atoms with E-state index >= 15 is 0 Å². The molecule has 0 aromatic carbocycles. The summed E-state index contributed by atoms with van der Waals surface area (Å²) in [4.78, 5) is 0. The molecule has 1 heterocycles. The van der Waals surface area contributed by atoms with Gasteiger partial charge >= 0.3 is 0 Å². The molecule has 0 radical (unpaired) electrons. The second kappa shape index (κ2) is 5.25. The number of allylic oxidation sites excluding steroid dienone is 1. The van der Waals surface area contributed by atoms with Gasteiger partial charge in [0.25, 0.3) is 0 Å². The predicted octanol–water partition coefficient (Wildman–Crippen LogP) is 1.73. The third-order valence-corrected chi connectivity index (χ3v) is 1.88. The highest BCUT2D eigenvalue weighted by molar-refractivity contribution is 4.87. The van der Waals surface area contributed by atoms with E-state index in [1.165, 1.54) is 0 Å². The van der Waals surface area contributed by atoms with Crippen molar-refractivity contribution in [3.8, 4) is 0 Å². The van der Waals surface area contributed by atoms with Crippen LogP contribution in [0, 0.1) is 0 Å². The molecule has 0 bridgehead atoms. The smallest absolute Gasteiger partial charge is 0.123 e. The van der Waals surface area contributed by atoms with Gasteiger partial charge in [-0.1, -0.05) is 0 Å². The van der Waals surface area contributed by atoms with Crippen LogP contribution >= 0.6 is 0 Å². The maximum atomic E-state index is 5.49. The largest absolute Gasteiger partial charge is 0.496 e. The fourth-order valence-corrected chi connectivity index (χ4v) is 1.11. The predicted molar refractivity (Wildman–Crippen MR) is 50.5 cm³/mol. The Balaban J connectivity index is 2.28. The van der Waals surface area contributed by atoms with Gasteiger partial charge < -0.3 is 14.2 Å². The molecule has 0 saturated carbocycles. The van der Waals surface area contributed by atoms with Crippen LogP contribution in [0.4, 0.5) is 0 Å². The van der Waals surface area contributed by atoms with Crippen LogP contribution in [0.15, 0.2) is 11.8 Å². The third kappa shape index (κ3) is 3.79. The average molecular weight is 186 g/mol. The maximum absolute atomic E-state index is 5.49. The van der Waals surface area contributed by atoms with E-state index in [0.29, 0.717) is 19.8 Å². The van der Waals surface area contributed by atoms with Gasteiger partial charge in [-0.05, 0) is 26.3 Å². The number of rotatable bonds is 3. The van der Waals surface area contributed by atoms with Gasteiger partial charge in [-0.15, -0.1) is 0 Å². The van der Waals surface area contributed by atoms with Crippen molar-refractivity contribution in [3.05, 3.63) is 11.8 Å². The zero-order valence-corrected chi connectivity index (χ0v) is 8.58. The van der Waals surface area contributed by atoms with Crippen molar-refractivity contribution in [2.24, 2.45) is 0 Å². The van der Waals surface area contributed by atoms with E-state index in [0.717, 1.165) is 5.57 Å². The summed E-state index contributed by atoms with van der Waals surface area (Å²) in [6.45, 7) is 8.02. The Morgan fingerprint density at radius 2 is 2.23 bits per heavy atom. The molecule has 1 fully saturated rings. The minimum absolute atomic E-state index is 0.0650. The second-order valence-corrected chi connectivity index (χ2v) is 3.52. The van der Waals surface area contributed by atoms with E-state index in [-0.39, 0.29) is 12.2 Å². The number of ether oxygens (including phenoxy) is 3. The Morgan fingerprint density at radius 1 is 1.46 bits per heavy atom. The monoisotopic (exact) mass is 186 g/mol. The minimum atomic E-state index is 0.0650. The zero-order valence-electron chi connectivity index (χ0n) is 8.58. The lowest BCUT2D eigenvalue weighted by atomic mass is 10.2. The zero-order chi connectivity index (χ0) is 9.68. The van der Waals surface area contributed by atoms with Crippen LogP contribution in [0.1, 0.15) is 20.8 Å². The van der Waals surface area contributed by atoms with E-state index in [4.69, 9.17) is 14.2 Å². The summed E-state index contributed by atoms with van der Waals surface area (Å²) >= 11 is 0. The highest BCUT2D eigenvalue weighted by Gasteiger charge is 2.21. The summed E-state index contributed by atoms with van der Waals surface area (Å²) in [5, 5.41) is 0. The summed E-state index contributed by atoms with van der Waals surface area (Å²) in [6.07, 6.45) is 1.90. The molecule has 1 saturated heterocycles. The molecular weight excluding hydrogens is 168 g/mol. The first-order valence-electron chi connectivity index (χ1n) is 4.68. The quantitative estimate of drug-likeness (QED) is 0.628. The van der Waals surface area contributed by atoms with Gasteiger partial charge in [-0.3, -0.25) is 0 Å². The van der Waals surface area contributed by atoms with E-state index in [2.05, 4.69) is 0 Å². The Hall–Kier alpha value is -0.540. The van der Waals surface area contributed by atoms with Crippen molar-refractivity contribution < 1.29 is 14.2 Å². The molecule has 0 aromatic heterocycles. The normalized spacial score (nSPS) is 25.0. The fraction of sp³-hybridized carbons (Fsp3) is 0.800. The summed E-state index contributed by atoms with van der Waals surface area (Å²) < 4.78 is 16.3. The van der Waals surface area contributed by atoms with Gasteiger partial charge in [0, 0.05) is 0 Å². The summed E-state index contributed by atoms with van der Waals surface area (Å²) in [5.41, 5.74) is 1.16. The second-order valence-electron chi connectivity index (χ2n) is 3.52. The molecule has 1 rings (SSSR count). The van der Waals surface area contributed by atoms with Crippen molar-refractivity contribution >= 4 is 0 Å². The summed E-state index contributed by atoms with van der Waals surface area (Å²) in [5.74, 6) is 0. The summed E-state index contributed by atoms with van der Waals surface area (Å²) in [7, 11) is 0. The highest BCUT2D eigenvalue weighted by Crippen LogP contribution is 2.09. The lowest BCUT2D eigenvalue weighted by molar-refractivity contribution is -0.129. The topological polar surface area (TPSA) is 27.7 Å². The molecule has 0 amide bonds. The lowest BCUT2D eigenvalue weighted by Crippen LogP contribution is -2.37. The van der Waals surface area contributed by atoms with E-state index in [9.17, 15) is 0 Å². The van der Waals surface area contributed by atoms with Crippen LogP contribution in [0.2, 0.25) is 0 Å². The van der Waals surface area contributed by atoms with Gasteiger partial charge in [0.15, 0.2) is 0 Å². The minimum Gasteiger partial charge on any atom is -0.496 e. The van der Waals surface area contributed by atoms with Crippen molar-refractivity contribution in [2.45, 2.75) is 33.0 Å². The Kier molecular flexibility index (Phi) is 4.25. The first-order chi connectivity index (χ1) is 6.20. The van der Waals surface area contributed by atoms with Gasteiger partial charge in [0.05, 0.1) is 26.1 Å². The van der Waals surface area contributed by atoms with Crippen LogP contribution in [0.25, 0.3) is 0 Å². The first kappa shape index (κ1) is 10.5. The van der Waals surface area contributed by atoms with Crippen molar-refractivity contribution in [1.29, 1.82) is 0 Å². The lowest BCUT2D eigenvalue weighted by Gasteiger charge is -2.27. The third-order valence-electron chi connectivity index (χ3n) is 1.88. The van der Waals surface area contributed by atoms with Crippen LogP contribution in [0.5, 0.6) is 0 Å². The van der Waals surface area contributed by atoms with Crippen molar-refractivity contribution in [1.82, 2.24) is 0 Å². The molecule has 0 aromatic rings. The molecule has 76 valence electrons. The van der Waals surface area contributed by atoms with Gasteiger partial charge in [0.1, 0.15) is 12.2 Å². The standard InChI is InChI=1S/C10H18O3/c1-8(2)6-13-9(3)10-7-11-4-5-12-10/h6,9-10H,4-5,7H2,1-3H3. The summed E-state index contributed by atoms with van der Waals surface area (Å²) in [6, 6.07) is 0.